The van der Waals surface area contributed by atoms with Gasteiger partial charge in [-0.2, -0.15) is 10.2 Å². The van der Waals surface area contributed by atoms with Crippen molar-refractivity contribution in [3.05, 3.63) is 60.7 Å². The molecule has 3 rings (SSSR count). The summed E-state index contributed by atoms with van der Waals surface area (Å²) in [6.07, 6.45) is 3.43. The Hall–Kier alpha value is -2.53. The minimum absolute atomic E-state index is 0.0455. The lowest BCUT2D eigenvalue weighted by molar-refractivity contribution is 0.0432. The van der Waals surface area contributed by atoms with Gasteiger partial charge in [-0.05, 0) is 11.6 Å². The summed E-state index contributed by atoms with van der Waals surface area (Å²) in [6.45, 7) is -0.0763. The van der Waals surface area contributed by atoms with Crippen LogP contribution in [0, 0.1) is 11.6 Å². The molecule has 0 radical (unpaired) electrons. The predicted octanol–water partition coefficient (Wildman–Crippen LogP) is 1.24. The van der Waals surface area contributed by atoms with Crippen LogP contribution >= 0.6 is 7.82 Å². The molecule has 2 N–H and O–H groups in total. The van der Waals surface area contributed by atoms with Gasteiger partial charge in [0.25, 0.3) is 0 Å². The van der Waals surface area contributed by atoms with Crippen LogP contribution in [0.25, 0.3) is 0 Å². The van der Waals surface area contributed by atoms with E-state index < -0.39 is 31.6 Å². The highest BCUT2D eigenvalue weighted by Gasteiger charge is 2.35. The molecule has 0 saturated heterocycles. The SMILES string of the molecule is O=P(O)(O)OC(C(Cn1cncn1)c1ccc(F)cc1F)n1cncn1. The Kier molecular flexibility index (Phi) is 5.18. The van der Waals surface area contributed by atoms with E-state index in [1.807, 2.05) is 0 Å². The average molecular weight is 386 g/mol. The zero-order valence-corrected chi connectivity index (χ0v) is 13.9. The van der Waals surface area contributed by atoms with Crippen LogP contribution in [0.15, 0.2) is 43.5 Å². The molecule has 0 aliphatic carbocycles. The molecule has 3 aromatic rings. The van der Waals surface area contributed by atoms with Crippen molar-refractivity contribution in [2.24, 2.45) is 0 Å². The molecule has 2 unspecified atom stereocenters. The van der Waals surface area contributed by atoms with Gasteiger partial charge in [0.15, 0.2) is 6.23 Å². The van der Waals surface area contributed by atoms with Gasteiger partial charge < -0.3 is 9.79 Å². The van der Waals surface area contributed by atoms with E-state index in [4.69, 9.17) is 4.52 Å². The van der Waals surface area contributed by atoms with Crippen molar-refractivity contribution < 1.29 is 27.7 Å². The van der Waals surface area contributed by atoms with Crippen LogP contribution in [-0.4, -0.2) is 39.3 Å². The molecule has 2 aromatic heterocycles. The molecule has 0 saturated carbocycles. The fourth-order valence-corrected chi connectivity index (χ4v) is 2.99. The lowest BCUT2D eigenvalue weighted by Crippen LogP contribution is -2.25. The summed E-state index contributed by atoms with van der Waals surface area (Å²) in [5, 5.41) is 7.72. The Morgan fingerprint density at radius 1 is 1.15 bits per heavy atom. The number of phosphoric ester groups is 1. The first kappa shape index (κ1) is 18.3. The van der Waals surface area contributed by atoms with E-state index in [-0.39, 0.29) is 12.1 Å². The van der Waals surface area contributed by atoms with Crippen molar-refractivity contribution in [1.82, 2.24) is 29.5 Å². The summed E-state index contributed by atoms with van der Waals surface area (Å²) in [4.78, 5) is 26.0. The molecule has 2 atom stereocenters. The maximum absolute atomic E-state index is 14.4. The standard InChI is InChI=1S/C13H13F2N6O4P/c14-9-1-2-10(12(15)3-9)11(4-20-7-16-5-18-20)13(25-26(22,23)24)21-8-17-6-19-21/h1-3,5-8,11,13H,4H2,(H2,22,23,24). The molecule has 10 nitrogen and oxygen atoms in total. The number of benzene rings is 1. The normalized spacial score (nSPS) is 14.3. The first-order valence-corrected chi connectivity index (χ1v) is 8.72. The number of halogens is 2. The lowest BCUT2D eigenvalue weighted by Gasteiger charge is -2.27. The molecule has 138 valence electrons. The number of phosphoric acid groups is 1. The Bertz CT molecular complexity index is 902. The topological polar surface area (TPSA) is 128 Å². The summed E-state index contributed by atoms with van der Waals surface area (Å²) in [7, 11) is -4.98. The zero-order valence-electron chi connectivity index (χ0n) is 13.0. The lowest BCUT2D eigenvalue weighted by atomic mass is 9.96. The minimum atomic E-state index is -4.98. The van der Waals surface area contributed by atoms with E-state index in [9.17, 15) is 23.1 Å². The molecular weight excluding hydrogens is 373 g/mol. The van der Waals surface area contributed by atoms with Crippen molar-refractivity contribution in [1.29, 1.82) is 0 Å². The highest BCUT2D eigenvalue weighted by molar-refractivity contribution is 7.46. The van der Waals surface area contributed by atoms with Gasteiger partial charge in [0.1, 0.15) is 36.9 Å². The summed E-state index contributed by atoms with van der Waals surface area (Å²) in [6, 6.07) is 2.86. The maximum atomic E-state index is 14.4. The first-order valence-electron chi connectivity index (χ1n) is 7.19. The second-order valence-corrected chi connectivity index (χ2v) is 6.44. The molecular formula is C13H13F2N6O4P. The van der Waals surface area contributed by atoms with Gasteiger partial charge in [0, 0.05) is 6.07 Å². The third-order valence-corrected chi connectivity index (χ3v) is 3.99. The van der Waals surface area contributed by atoms with Crippen LogP contribution in [-0.2, 0) is 15.6 Å². The largest absolute Gasteiger partial charge is 0.471 e. The molecule has 0 aliphatic heterocycles. The average Bonchev–Trinajstić information content (AvgIpc) is 3.24. The fourth-order valence-electron chi connectivity index (χ4n) is 2.47. The molecule has 0 aliphatic rings. The number of rotatable bonds is 7. The van der Waals surface area contributed by atoms with E-state index in [0.29, 0.717) is 6.07 Å². The second kappa shape index (κ2) is 7.38. The summed E-state index contributed by atoms with van der Waals surface area (Å²) in [5.74, 6) is -2.74. The van der Waals surface area contributed by atoms with Crippen LogP contribution in [0.5, 0.6) is 0 Å². The maximum Gasteiger partial charge on any atom is 0.471 e. The van der Waals surface area contributed by atoms with Crippen LogP contribution < -0.4 is 0 Å². The minimum Gasteiger partial charge on any atom is -0.303 e. The molecule has 0 spiro atoms. The quantitative estimate of drug-likeness (QED) is 0.581. The van der Waals surface area contributed by atoms with Gasteiger partial charge in [-0.1, -0.05) is 6.07 Å². The monoisotopic (exact) mass is 386 g/mol. The molecule has 13 heteroatoms. The van der Waals surface area contributed by atoms with Crippen LogP contribution in [0.4, 0.5) is 8.78 Å². The number of hydrogen-bond donors (Lipinski definition) is 2. The van der Waals surface area contributed by atoms with Crippen molar-refractivity contribution >= 4 is 7.82 Å². The van der Waals surface area contributed by atoms with Gasteiger partial charge >= 0.3 is 7.82 Å². The molecule has 0 bridgehead atoms. The van der Waals surface area contributed by atoms with E-state index in [1.165, 1.54) is 23.4 Å². The van der Waals surface area contributed by atoms with Gasteiger partial charge in [0.05, 0.1) is 12.5 Å². The predicted molar refractivity (Wildman–Crippen MR) is 81.3 cm³/mol. The van der Waals surface area contributed by atoms with Crippen LogP contribution in [0.1, 0.15) is 17.7 Å². The van der Waals surface area contributed by atoms with E-state index in [2.05, 4.69) is 20.2 Å². The Morgan fingerprint density at radius 3 is 2.46 bits per heavy atom. The van der Waals surface area contributed by atoms with Crippen molar-refractivity contribution in [2.45, 2.75) is 18.7 Å². The van der Waals surface area contributed by atoms with E-state index in [0.717, 1.165) is 23.4 Å². The third kappa shape index (κ3) is 4.35. The van der Waals surface area contributed by atoms with Gasteiger partial charge in [-0.3, -0.25) is 9.21 Å². The molecule has 2 heterocycles. The molecule has 26 heavy (non-hydrogen) atoms. The van der Waals surface area contributed by atoms with E-state index in [1.54, 1.807) is 0 Å². The highest BCUT2D eigenvalue weighted by Crippen LogP contribution is 2.46. The number of hydrogen-bond acceptors (Lipinski definition) is 6. The smallest absolute Gasteiger partial charge is 0.303 e. The zero-order chi connectivity index (χ0) is 18.7. The highest BCUT2D eigenvalue weighted by atomic mass is 31.2. The van der Waals surface area contributed by atoms with Gasteiger partial charge in [-0.15, -0.1) is 0 Å². The first-order chi connectivity index (χ1) is 12.3. The van der Waals surface area contributed by atoms with Gasteiger partial charge in [-0.25, -0.2) is 28.0 Å². The molecule has 0 amide bonds. The van der Waals surface area contributed by atoms with Crippen LogP contribution in [0.2, 0.25) is 0 Å². The Balaban J connectivity index is 2.08. The number of nitrogens with zero attached hydrogens (tertiary/aromatic N) is 6. The fraction of sp³-hybridized carbons (Fsp3) is 0.231. The molecule has 0 fully saturated rings. The third-order valence-electron chi connectivity index (χ3n) is 3.50. The van der Waals surface area contributed by atoms with Gasteiger partial charge in [0.2, 0.25) is 0 Å². The van der Waals surface area contributed by atoms with Crippen LogP contribution in [0.3, 0.4) is 0 Å². The second-order valence-electron chi connectivity index (χ2n) is 5.25. The van der Waals surface area contributed by atoms with Crippen molar-refractivity contribution in [2.75, 3.05) is 0 Å². The summed E-state index contributed by atoms with van der Waals surface area (Å²) in [5.41, 5.74) is -0.0455. The van der Waals surface area contributed by atoms with Crippen molar-refractivity contribution in [3.8, 4) is 0 Å². The Labute approximate surface area is 145 Å². The van der Waals surface area contributed by atoms with E-state index >= 15 is 0 Å². The Morgan fingerprint density at radius 2 is 1.88 bits per heavy atom. The summed E-state index contributed by atoms with van der Waals surface area (Å²) < 4.78 is 46.3. The molecule has 1 aromatic carbocycles. The summed E-state index contributed by atoms with van der Waals surface area (Å²) >= 11 is 0. The number of aromatic nitrogens is 6. The van der Waals surface area contributed by atoms with Crippen molar-refractivity contribution in [3.63, 3.8) is 0 Å².